The van der Waals surface area contributed by atoms with E-state index >= 15 is 0 Å². The van der Waals surface area contributed by atoms with Crippen molar-refractivity contribution in [2.24, 2.45) is 0 Å². The Bertz CT molecular complexity index is 607. The minimum absolute atomic E-state index is 0.0578. The summed E-state index contributed by atoms with van der Waals surface area (Å²) >= 11 is 5.85. The van der Waals surface area contributed by atoms with Crippen molar-refractivity contribution in [3.8, 4) is 11.3 Å². The van der Waals surface area contributed by atoms with Crippen LogP contribution in [-0.2, 0) is 11.3 Å². The maximum Gasteiger partial charge on any atom is 0.317 e. The number of rotatable bonds is 5. The normalized spacial score (nSPS) is 11.0. The highest BCUT2D eigenvalue weighted by Gasteiger charge is 2.14. The van der Waals surface area contributed by atoms with Crippen LogP contribution in [0.4, 0.5) is 0 Å². The Hall–Kier alpha value is -1.85. The van der Waals surface area contributed by atoms with E-state index in [9.17, 15) is 4.79 Å². The molecule has 106 valence electrons. The van der Waals surface area contributed by atoms with E-state index in [1.807, 2.05) is 19.1 Å². The summed E-state index contributed by atoms with van der Waals surface area (Å²) in [5, 5.41) is 9.38. The number of carboxylic acid groups (broad SMARTS) is 1. The van der Waals surface area contributed by atoms with Gasteiger partial charge in [0.2, 0.25) is 5.89 Å². The molecule has 0 fully saturated rings. The van der Waals surface area contributed by atoms with Crippen LogP contribution in [0.3, 0.4) is 0 Å². The second kappa shape index (κ2) is 6.07. The summed E-state index contributed by atoms with van der Waals surface area (Å²) in [5.41, 5.74) is 1.66. The highest BCUT2D eigenvalue weighted by Crippen LogP contribution is 2.26. The standard InChI is InChI=1S/C14H15ClN2O3/c1-9-14(10-3-5-11(15)6-4-10)20-12(16-9)7-17(2)8-13(18)19/h3-6H,7-8H2,1-2H3,(H,18,19). The topological polar surface area (TPSA) is 66.6 Å². The van der Waals surface area contributed by atoms with Gasteiger partial charge in [0.05, 0.1) is 18.8 Å². The summed E-state index contributed by atoms with van der Waals surface area (Å²) in [7, 11) is 1.70. The number of benzene rings is 1. The van der Waals surface area contributed by atoms with Gasteiger partial charge in [0.1, 0.15) is 0 Å². The summed E-state index contributed by atoms with van der Waals surface area (Å²) in [6.07, 6.45) is 0. The molecule has 0 aliphatic heterocycles. The van der Waals surface area contributed by atoms with Crippen LogP contribution in [0.1, 0.15) is 11.6 Å². The molecule has 5 nitrogen and oxygen atoms in total. The van der Waals surface area contributed by atoms with Gasteiger partial charge < -0.3 is 9.52 Å². The molecule has 0 radical (unpaired) electrons. The number of aliphatic carboxylic acids is 1. The molecule has 1 N–H and O–H groups in total. The lowest BCUT2D eigenvalue weighted by Gasteiger charge is -2.10. The van der Waals surface area contributed by atoms with Crippen LogP contribution in [0.5, 0.6) is 0 Å². The molecule has 0 saturated carbocycles. The number of hydrogen-bond acceptors (Lipinski definition) is 4. The fourth-order valence-corrected chi connectivity index (χ4v) is 2.03. The molecule has 2 rings (SSSR count). The second-order valence-electron chi connectivity index (χ2n) is 4.60. The number of carbonyl (C=O) groups is 1. The van der Waals surface area contributed by atoms with Crippen LogP contribution in [0.25, 0.3) is 11.3 Å². The minimum Gasteiger partial charge on any atom is -0.480 e. The Morgan fingerprint density at radius 2 is 2.05 bits per heavy atom. The van der Waals surface area contributed by atoms with Gasteiger partial charge in [-0.05, 0) is 38.2 Å². The number of oxazole rings is 1. The van der Waals surface area contributed by atoms with Crippen molar-refractivity contribution in [2.75, 3.05) is 13.6 Å². The van der Waals surface area contributed by atoms with Gasteiger partial charge in [0, 0.05) is 10.6 Å². The van der Waals surface area contributed by atoms with Crippen LogP contribution in [0.2, 0.25) is 5.02 Å². The van der Waals surface area contributed by atoms with Crippen molar-refractivity contribution >= 4 is 17.6 Å². The molecule has 0 aliphatic rings. The van der Waals surface area contributed by atoms with Crippen LogP contribution >= 0.6 is 11.6 Å². The Kier molecular flexibility index (Phi) is 4.42. The van der Waals surface area contributed by atoms with Gasteiger partial charge in [-0.3, -0.25) is 9.69 Å². The Morgan fingerprint density at radius 3 is 2.65 bits per heavy atom. The predicted octanol–water partition coefficient (Wildman–Crippen LogP) is 2.82. The van der Waals surface area contributed by atoms with E-state index in [2.05, 4.69) is 4.98 Å². The molecule has 0 bridgehead atoms. The van der Waals surface area contributed by atoms with Crippen molar-refractivity contribution in [3.63, 3.8) is 0 Å². The van der Waals surface area contributed by atoms with Crippen molar-refractivity contribution in [1.29, 1.82) is 0 Å². The fourth-order valence-electron chi connectivity index (χ4n) is 1.91. The lowest BCUT2D eigenvalue weighted by atomic mass is 10.1. The van der Waals surface area contributed by atoms with Crippen LogP contribution < -0.4 is 0 Å². The van der Waals surface area contributed by atoms with E-state index in [1.54, 1.807) is 24.1 Å². The highest BCUT2D eigenvalue weighted by molar-refractivity contribution is 6.30. The third kappa shape index (κ3) is 3.59. The second-order valence-corrected chi connectivity index (χ2v) is 5.03. The van der Waals surface area contributed by atoms with Gasteiger partial charge in [-0.1, -0.05) is 11.6 Å². The third-order valence-electron chi connectivity index (χ3n) is 2.76. The maximum atomic E-state index is 10.6. The zero-order valence-corrected chi connectivity index (χ0v) is 12.0. The monoisotopic (exact) mass is 294 g/mol. The molecule has 20 heavy (non-hydrogen) atoms. The van der Waals surface area contributed by atoms with Crippen molar-refractivity contribution in [3.05, 3.63) is 40.9 Å². The van der Waals surface area contributed by atoms with Gasteiger partial charge in [-0.25, -0.2) is 4.98 Å². The number of nitrogens with zero attached hydrogens (tertiary/aromatic N) is 2. The zero-order chi connectivity index (χ0) is 14.7. The Labute approximate surface area is 121 Å². The number of hydrogen-bond donors (Lipinski definition) is 1. The zero-order valence-electron chi connectivity index (χ0n) is 11.3. The van der Waals surface area contributed by atoms with E-state index in [4.69, 9.17) is 21.1 Å². The van der Waals surface area contributed by atoms with Crippen LogP contribution in [0, 0.1) is 6.92 Å². The molecule has 0 atom stereocenters. The number of carboxylic acids is 1. The number of aryl methyl sites for hydroxylation is 1. The molecule has 1 aromatic heterocycles. The lowest BCUT2D eigenvalue weighted by molar-refractivity contribution is -0.138. The quantitative estimate of drug-likeness (QED) is 0.918. The largest absolute Gasteiger partial charge is 0.480 e. The third-order valence-corrected chi connectivity index (χ3v) is 3.01. The lowest BCUT2D eigenvalue weighted by Crippen LogP contribution is -2.25. The average molecular weight is 295 g/mol. The summed E-state index contributed by atoms with van der Waals surface area (Å²) in [6, 6.07) is 7.30. The molecule has 6 heteroatoms. The van der Waals surface area contributed by atoms with E-state index in [0.717, 1.165) is 11.3 Å². The average Bonchev–Trinajstić information content (AvgIpc) is 2.70. The van der Waals surface area contributed by atoms with Gasteiger partial charge in [-0.15, -0.1) is 0 Å². The Balaban J connectivity index is 2.17. The van der Waals surface area contributed by atoms with Crippen LogP contribution in [0.15, 0.2) is 28.7 Å². The molecule has 0 spiro atoms. The van der Waals surface area contributed by atoms with Crippen molar-refractivity contribution in [2.45, 2.75) is 13.5 Å². The first-order chi connectivity index (χ1) is 9.45. The van der Waals surface area contributed by atoms with Gasteiger partial charge in [0.25, 0.3) is 0 Å². The molecular weight excluding hydrogens is 280 g/mol. The fraction of sp³-hybridized carbons (Fsp3) is 0.286. The number of aromatic nitrogens is 1. The molecule has 0 amide bonds. The van der Waals surface area contributed by atoms with Gasteiger partial charge >= 0.3 is 5.97 Å². The Morgan fingerprint density at radius 1 is 1.40 bits per heavy atom. The van der Waals surface area contributed by atoms with Gasteiger partial charge in [0.15, 0.2) is 5.76 Å². The number of likely N-dealkylation sites (N-methyl/N-ethyl adjacent to an activating group) is 1. The molecule has 0 aliphatic carbocycles. The molecular formula is C14H15ClN2O3. The molecule has 2 aromatic rings. The molecule has 0 unspecified atom stereocenters. The van der Waals surface area contributed by atoms with E-state index < -0.39 is 5.97 Å². The first kappa shape index (κ1) is 14.6. The molecule has 0 saturated heterocycles. The smallest absolute Gasteiger partial charge is 0.317 e. The minimum atomic E-state index is -0.881. The number of halogens is 1. The van der Waals surface area contributed by atoms with E-state index in [0.29, 0.717) is 23.2 Å². The summed E-state index contributed by atoms with van der Waals surface area (Å²) in [5.74, 6) is 0.297. The SMILES string of the molecule is Cc1nc(CN(C)CC(=O)O)oc1-c1ccc(Cl)cc1. The molecule has 1 aromatic carbocycles. The van der Waals surface area contributed by atoms with E-state index in [1.165, 1.54) is 0 Å². The molecule has 1 heterocycles. The maximum absolute atomic E-state index is 10.6. The highest BCUT2D eigenvalue weighted by atomic mass is 35.5. The first-order valence-electron chi connectivity index (χ1n) is 6.08. The summed E-state index contributed by atoms with van der Waals surface area (Å²) < 4.78 is 5.70. The summed E-state index contributed by atoms with van der Waals surface area (Å²) in [4.78, 5) is 16.6. The van der Waals surface area contributed by atoms with Crippen molar-refractivity contribution in [1.82, 2.24) is 9.88 Å². The predicted molar refractivity (Wildman–Crippen MR) is 75.7 cm³/mol. The van der Waals surface area contributed by atoms with Crippen LogP contribution in [-0.4, -0.2) is 34.6 Å². The van der Waals surface area contributed by atoms with Crippen molar-refractivity contribution < 1.29 is 14.3 Å². The first-order valence-corrected chi connectivity index (χ1v) is 6.46. The van der Waals surface area contributed by atoms with E-state index in [-0.39, 0.29) is 6.54 Å². The van der Waals surface area contributed by atoms with Gasteiger partial charge in [-0.2, -0.15) is 0 Å². The summed E-state index contributed by atoms with van der Waals surface area (Å²) in [6.45, 7) is 2.15.